The summed E-state index contributed by atoms with van der Waals surface area (Å²) in [6.07, 6.45) is -1.77. The number of halogens is 3. The van der Waals surface area contributed by atoms with Crippen molar-refractivity contribution in [1.29, 1.82) is 0 Å². The first-order valence-electron chi connectivity index (χ1n) is 14.5. The lowest BCUT2D eigenvalue weighted by Gasteiger charge is -2.29. The smallest absolute Gasteiger partial charge is 0.423 e. The number of piperidine rings is 1. The summed E-state index contributed by atoms with van der Waals surface area (Å²) in [7, 11) is 3.46. The number of anilines is 2. The Bertz CT molecular complexity index is 1540. The first kappa shape index (κ1) is 31.0. The average Bonchev–Trinajstić information content (AvgIpc) is 3.23. The molecule has 0 bridgehead atoms. The quantitative estimate of drug-likeness (QED) is 0.313. The molecule has 2 N–H and O–H groups in total. The third kappa shape index (κ3) is 6.42. The molecule has 3 heterocycles. The number of nitrogens with zero attached hydrogens (tertiary/aromatic N) is 4. The predicted octanol–water partition coefficient (Wildman–Crippen LogP) is 5.79. The van der Waals surface area contributed by atoms with Gasteiger partial charge in [-0.15, -0.1) is 0 Å². The minimum atomic E-state index is -4.82. The maximum Gasteiger partial charge on any atom is 0.423 e. The molecule has 1 unspecified atom stereocenters. The van der Waals surface area contributed by atoms with E-state index in [1.165, 1.54) is 19.2 Å². The second-order valence-corrected chi connectivity index (χ2v) is 11.0. The Morgan fingerprint density at radius 2 is 1.89 bits per heavy atom. The monoisotopic (exact) mass is 612 g/mol. The number of alkyl halides is 3. The molecule has 0 aliphatic carbocycles. The number of carbonyl (C=O) groups excluding carboxylic acids is 2. The van der Waals surface area contributed by atoms with Gasteiger partial charge in [-0.25, -0.2) is 4.98 Å². The van der Waals surface area contributed by atoms with Gasteiger partial charge in [0.2, 0.25) is 11.8 Å². The minimum absolute atomic E-state index is 0.0225. The predicted molar refractivity (Wildman–Crippen MR) is 158 cm³/mol. The summed E-state index contributed by atoms with van der Waals surface area (Å²) >= 11 is 0. The van der Waals surface area contributed by atoms with Crippen molar-refractivity contribution in [1.82, 2.24) is 25.1 Å². The van der Waals surface area contributed by atoms with Crippen LogP contribution in [0.4, 0.5) is 24.8 Å². The van der Waals surface area contributed by atoms with Crippen molar-refractivity contribution < 1.29 is 32.2 Å². The molecular formula is C31H35F3N6O4. The van der Waals surface area contributed by atoms with Gasteiger partial charge in [-0.1, -0.05) is 19.1 Å². The number of likely N-dealkylation sites (tertiary alicyclic amines) is 1. The van der Waals surface area contributed by atoms with Crippen LogP contribution in [0.25, 0.3) is 0 Å². The minimum Gasteiger partial charge on any atom is -0.495 e. The summed E-state index contributed by atoms with van der Waals surface area (Å²) in [5, 5.41) is 5.91. The van der Waals surface area contributed by atoms with Crippen molar-refractivity contribution in [3.05, 3.63) is 64.8 Å². The maximum absolute atomic E-state index is 14.0. The van der Waals surface area contributed by atoms with Crippen LogP contribution in [-0.2, 0) is 6.18 Å². The summed E-state index contributed by atoms with van der Waals surface area (Å²) in [4.78, 5) is 37.9. The molecule has 2 aromatic carbocycles. The molecule has 234 valence electrons. The molecule has 0 saturated carbocycles. The highest BCUT2D eigenvalue weighted by Gasteiger charge is 2.39. The second-order valence-electron chi connectivity index (χ2n) is 11.0. The van der Waals surface area contributed by atoms with E-state index in [1.807, 2.05) is 20.9 Å². The van der Waals surface area contributed by atoms with Crippen molar-refractivity contribution in [2.45, 2.75) is 51.4 Å². The second kappa shape index (κ2) is 12.7. The molecule has 1 fully saturated rings. The topological polar surface area (TPSA) is 109 Å². The molecule has 0 spiro atoms. The Labute approximate surface area is 253 Å². The fraction of sp³-hybridized carbons (Fsp3) is 0.419. The van der Waals surface area contributed by atoms with E-state index in [2.05, 4.69) is 25.5 Å². The Kier molecular flexibility index (Phi) is 8.95. The van der Waals surface area contributed by atoms with Crippen LogP contribution in [-0.4, -0.2) is 71.4 Å². The van der Waals surface area contributed by atoms with Crippen LogP contribution in [0.1, 0.15) is 71.0 Å². The number of methoxy groups -OCH3 is 1. The lowest BCUT2D eigenvalue weighted by atomic mass is 10.0. The third-order valence-electron chi connectivity index (χ3n) is 7.95. The van der Waals surface area contributed by atoms with Gasteiger partial charge in [0.05, 0.1) is 24.4 Å². The van der Waals surface area contributed by atoms with E-state index in [0.29, 0.717) is 29.6 Å². The van der Waals surface area contributed by atoms with E-state index >= 15 is 0 Å². The summed E-state index contributed by atoms with van der Waals surface area (Å²) in [6, 6.07) is 9.36. The number of amides is 2. The SMILES string of the molecule is CCCN1C(=O)c2c(Oc3nc(Nc4ccc(C(=O)NC5CCN(C)CC5)cc4OC)ncc3C(F)(F)F)cccc2C1C. The van der Waals surface area contributed by atoms with Gasteiger partial charge in [-0.05, 0) is 76.2 Å². The zero-order chi connectivity index (χ0) is 31.6. The van der Waals surface area contributed by atoms with Gasteiger partial charge in [-0.2, -0.15) is 18.2 Å². The fourth-order valence-electron chi connectivity index (χ4n) is 5.51. The highest BCUT2D eigenvalue weighted by molar-refractivity contribution is 6.01. The number of nitrogens with one attached hydrogen (secondary N) is 2. The molecule has 3 aromatic rings. The number of benzene rings is 2. The van der Waals surface area contributed by atoms with E-state index in [0.717, 1.165) is 32.4 Å². The highest BCUT2D eigenvalue weighted by Crippen LogP contribution is 2.42. The number of hydrogen-bond acceptors (Lipinski definition) is 8. The van der Waals surface area contributed by atoms with Gasteiger partial charge >= 0.3 is 6.18 Å². The van der Waals surface area contributed by atoms with Crippen LogP contribution < -0.4 is 20.1 Å². The van der Waals surface area contributed by atoms with Crippen molar-refractivity contribution in [2.75, 3.05) is 39.1 Å². The van der Waals surface area contributed by atoms with E-state index < -0.39 is 17.6 Å². The first-order chi connectivity index (χ1) is 21.0. The summed E-state index contributed by atoms with van der Waals surface area (Å²) in [5.41, 5.74) is 0.390. The first-order valence-corrected chi connectivity index (χ1v) is 14.5. The van der Waals surface area contributed by atoms with Crippen LogP contribution in [0.5, 0.6) is 17.4 Å². The van der Waals surface area contributed by atoms with Gasteiger partial charge in [0.1, 0.15) is 17.1 Å². The number of carbonyl (C=O) groups is 2. The lowest BCUT2D eigenvalue weighted by molar-refractivity contribution is -0.139. The molecule has 2 aliphatic rings. The maximum atomic E-state index is 14.0. The van der Waals surface area contributed by atoms with Gasteiger partial charge in [0.25, 0.3) is 11.8 Å². The van der Waals surface area contributed by atoms with Crippen LogP contribution in [0.3, 0.4) is 0 Å². The van der Waals surface area contributed by atoms with Crippen LogP contribution in [0.2, 0.25) is 0 Å². The van der Waals surface area contributed by atoms with Gasteiger partial charge in [-0.3, -0.25) is 9.59 Å². The van der Waals surface area contributed by atoms with Crippen LogP contribution >= 0.6 is 0 Å². The zero-order valence-corrected chi connectivity index (χ0v) is 25.0. The summed E-state index contributed by atoms with van der Waals surface area (Å²) < 4.78 is 53.2. The van der Waals surface area contributed by atoms with E-state index in [-0.39, 0.29) is 46.9 Å². The number of ether oxygens (including phenoxy) is 2. The van der Waals surface area contributed by atoms with E-state index in [4.69, 9.17) is 9.47 Å². The molecule has 1 saturated heterocycles. The Hall–Kier alpha value is -4.39. The molecule has 0 radical (unpaired) electrons. The van der Waals surface area contributed by atoms with Gasteiger partial charge < -0.3 is 29.9 Å². The van der Waals surface area contributed by atoms with Crippen molar-refractivity contribution in [2.24, 2.45) is 0 Å². The molecule has 44 heavy (non-hydrogen) atoms. The molecule has 2 amide bonds. The number of rotatable bonds is 9. The Balaban J connectivity index is 1.40. The van der Waals surface area contributed by atoms with Gasteiger partial charge in [0.15, 0.2) is 0 Å². The Morgan fingerprint density at radius 3 is 2.57 bits per heavy atom. The lowest BCUT2D eigenvalue weighted by Crippen LogP contribution is -2.43. The Morgan fingerprint density at radius 1 is 1.14 bits per heavy atom. The summed E-state index contributed by atoms with van der Waals surface area (Å²) in [5.74, 6) is -1.27. The molecule has 10 nitrogen and oxygen atoms in total. The number of aromatic nitrogens is 2. The highest BCUT2D eigenvalue weighted by atomic mass is 19.4. The van der Waals surface area contributed by atoms with Crippen LogP contribution in [0.15, 0.2) is 42.6 Å². The largest absolute Gasteiger partial charge is 0.495 e. The molecular weight excluding hydrogens is 577 g/mol. The standard InChI is InChI=1S/C31H35F3N6O4/c1-5-13-40-18(2)21-7-6-8-24(26(21)29(40)42)44-28-22(31(32,33)34)17-35-30(38-28)37-23-10-9-19(16-25(23)43-4)27(41)36-20-11-14-39(3)15-12-20/h6-10,16-18,20H,5,11-15H2,1-4H3,(H,36,41)(H,35,37,38). The third-order valence-corrected chi connectivity index (χ3v) is 7.95. The normalized spacial score (nSPS) is 17.4. The van der Waals surface area contributed by atoms with Crippen LogP contribution in [0, 0.1) is 0 Å². The van der Waals surface area contributed by atoms with Gasteiger partial charge in [0, 0.05) is 24.3 Å². The molecule has 1 atom stereocenters. The number of fused-ring (bicyclic) bond motifs is 1. The molecule has 2 aliphatic heterocycles. The van der Waals surface area contributed by atoms with Crippen molar-refractivity contribution in [3.8, 4) is 17.4 Å². The van der Waals surface area contributed by atoms with Crippen molar-refractivity contribution >= 4 is 23.5 Å². The molecule has 1 aromatic heterocycles. The van der Waals surface area contributed by atoms with E-state index in [9.17, 15) is 22.8 Å². The zero-order valence-electron chi connectivity index (χ0n) is 25.0. The summed E-state index contributed by atoms with van der Waals surface area (Å²) in [6.45, 7) is 6.11. The number of hydrogen-bond donors (Lipinski definition) is 2. The van der Waals surface area contributed by atoms with Crippen molar-refractivity contribution in [3.63, 3.8) is 0 Å². The fourth-order valence-corrected chi connectivity index (χ4v) is 5.51. The average molecular weight is 613 g/mol. The van der Waals surface area contributed by atoms with E-state index in [1.54, 1.807) is 29.2 Å². The molecule has 13 heteroatoms. The molecule has 5 rings (SSSR count).